The summed E-state index contributed by atoms with van der Waals surface area (Å²) in [4.78, 5) is 11.3. The van der Waals surface area contributed by atoms with E-state index in [1.54, 1.807) is 6.92 Å². The Bertz CT molecular complexity index is 614. The summed E-state index contributed by atoms with van der Waals surface area (Å²) in [7, 11) is 0. The van der Waals surface area contributed by atoms with Crippen molar-refractivity contribution in [2.75, 3.05) is 5.73 Å². The molecule has 3 rings (SSSR count). The monoisotopic (exact) mass is 256 g/mol. The van der Waals surface area contributed by atoms with Crippen LogP contribution in [-0.2, 0) is 12.8 Å². The molecule has 0 saturated carbocycles. The van der Waals surface area contributed by atoms with E-state index in [0.717, 1.165) is 36.1 Å². The number of anilines is 1. The van der Waals surface area contributed by atoms with Gasteiger partial charge < -0.3 is 10.3 Å². The van der Waals surface area contributed by atoms with Crippen LogP contribution in [0.3, 0.4) is 0 Å². The van der Waals surface area contributed by atoms with Crippen LogP contribution >= 0.6 is 0 Å². The number of nitrogens with zero attached hydrogens (tertiary/aromatic N) is 1. The average molecular weight is 256 g/mol. The highest BCUT2D eigenvalue weighted by atomic mass is 16.5. The predicted molar refractivity (Wildman–Crippen MR) is 72.1 cm³/mol. The summed E-state index contributed by atoms with van der Waals surface area (Å²) >= 11 is 0. The molecule has 98 valence electrons. The zero-order valence-corrected chi connectivity index (χ0v) is 10.8. The highest BCUT2D eigenvalue weighted by Crippen LogP contribution is 2.34. The zero-order chi connectivity index (χ0) is 13.4. The van der Waals surface area contributed by atoms with Crippen molar-refractivity contribution in [3.63, 3.8) is 0 Å². The van der Waals surface area contributed by atoms with Gasteiger partial charge in [0.05, 0.1) is 5.69 Å². The normalized spacial score (nSPS) is 18.1. The number of Topliss-reactive ketones (excluding diaryl/α,β-unsaturated/α-hetero) is 1. The quantitative estimate of drug-likeness (QED) is 0.839. The first-order valence-electron chi connectivity index (χ1n) is 6.49. The lowest BCUT2D eigenvalue weighted by Crippen LogP contribution is -2.13. The second-order valence-corrected chi connectivity index (χ2v) is 5.09. The molecule has 0 spiro atoms. The van der Waals surface area contributed by atoms with Gasteiger partial charge in [-0.1, -0.05) is 29.4 Å². The smallest absolute Gasteiger partial charge is 0.225 e. The molecule has 0 fully saturated rings. The molecular weight excluding hydrogens is 240 g/mol. The van der Waals surface area contributed by atoms with E-state index in [-0.39, 0.29) is 5.78 Å². The van der Waals surface area contributed by atoms with Gasteiger partial charge in [-0.05, 0) is 31.2 Å². The third kappa shape index (κ3) is 2.14. The van der Waals surface area contributed by atoms with E-state index in [1.165, 1.54) is 5.56 Å². The van der Waals surface area contributed by atoms with Gasteiger partial charge in [-0.15, -0.1) is 0 Å². The summed E-state index contributed by atoms with van der Waals surface area (Å²) in [6.45, 7) is 1.58. The first-order valence-corrected chi connectivity index (χ1v) is 6.49. The molecule has 1 aliphatic rings. The fourth-order valence-electron chi connectivity index (χ4n) is 2.71. The average Bonchev–Trinajstić information content (AvgIpc) is 2.80. The number of carbonyl (C=O) groups excluding carboxylic acids is 1. The maximum absolute atomic E-state index is 11.3. The lowest BCUT2D eigenvalue weighted by Gasteiger charge is -2.21. The molecule has 0 amide bonds. The van der Waals surface area contributed by atoms with Crippen LogP contribution < -0.4 is 5.73 Å². The molecule has 1 atom stereocenters. The Kier molecular flexibility index (Phi) is 2.85. The fraction of sp³-hybridized carbons (Fsp3) is 0.333. The van der Waals surface area contributed by atoms with Crippen LogP contribution in [0.5, 0.6) is 0 Å². The van der Waals surface area contributed by atoms with Crippen molar-refractivity contribution in [1.82, 2.24) is 5.16 Å². The number of carbonyl (C=O) groups is 1. The van der Waals surface area contributed by atoms with Crippen molar-refractivity contribution >= 4 is 11.7 Å². The van der Waals surface area contributed by atoms with E-state index in [0.29, 0.717) is 11.8 Å². The standard InChI is InChI=1S/C15H16N2O2/c1-9(18)10-2-4-11(5-3-10)12-6-7-13-14(8-12)17-19-15(13)16/h2-5,12H,6-8,16H2,1H3. The maximum atomic E-state index is 11.3. The highest BCUT2D eigenvalue weighted by Gasteiger charge is 2.25. The van der Waals surface area contributed by atoms with Gasteiger partial charge in [0.15, 0.2) is 5.78 Å². The van der Waals surface area contributed by atoms with Crippen LogP contribution in [0.4, 0.5) is 5.88 Å². The molecule has 1 aromatic carbocycles. The van der Waals surface area contributed by atoms with Gasteiger partial charge in [0, 0.05) is 17.5 Å². The molecule has 1 heterocycles. The number of benzene rings is 1. The van der Waals surface area contributed by atoms with Crippen molar-refractivity contribution in [3.05, 3.63) is 46.6 Å². The van der Waals surface area contributed by atoms with E-state index in [2.05, 4.69) is 5.16 Å². The third-order valence-electron chi connectivity index (χ3n) is 3.87. The third-order valence-corrected chi connectivity index (χ3v) is 3.87. The largest absolute Gasteiger partial charge is 0.367 e. The fourth-order valence-corrected chi connectivity index (χ4v) is 2.71. The number of fused-ring (bicyclic) bond motifs is 1. The van der Waals surface area contributed by atoms with Crippen LogP contribution in [-0.4, -0.2) is 10.9 Å². The molecule has 0 radical (unpaired) electrons. The summed E-state index contributed by atoms with van der Waals surface area (Å²) in [5.41, 5.74) is 9.78. The molecule has 1 unspecified atom stereocenters. The highest BCUT2D eigenvalue weighted by molar-refractivity contribution is 5.94. The van der Waals surface area contributed by atoms with Crippen molar-refractivity contribution in [1.29, 1.82) is 0 Å². The topological polar surface area (TPSA) is 69.1 Å². The van der Waals surface area contributed by atoms with Gasteiger partial charge in [-0.25, -0.2) is 0 Å². The second kappa shape index (κ2) is 4.53. The Morgan fingerprint density at radius 3 is 2.79 bits per heavy atom. The molecule has 2 N–H and O–H groups in total. The molecule has 1 aromatic heterocycles. The van der Waals surface area contributed by atoms with Crippen molar-refractivity contribution < 1.29 is 9.32 Å². The zero-order valence-electron chi connectivity index (χ0n) is 10.8. The number of rotatable bonds is 2. The van der Waals surface area contributed by atoms with Crippen LogP contribution in [0, 0.1) is 0 Å². The Morgan fingerprint density at radius 1 is 1.37 bits per heavy atom. The molecule has 0 bridgehead atoms. The van der Waals surface area contributed by atoms with E-state index < -0.39 is 0 Å². The molecule has 1 aliphatic carbocycles. The molecule has 2 aromatic rings. The molecule has 0 saturated heterocycles. The minimum Gasteiger partial charge on any atom is -0.367 e. The van der Waals surface area contributed by atoms with Crippen LogP contribution in [0.15, 0.2) is 28.8 Å². The Hall–Kier alpha value is -2.10. The molecule has 4 nitrogen and oxygen atoms in total. The lowest BCUT2D eigenvalue weighted by atomic mass is 9.83. The predicted octanol–water partition coefficient (Wildman–Crippen LogP) is 2.73. The number of nitrogens with two attached hydrogens (primary N) is 1. The lowest BCUT2D eigenvalue weighted by molar-refractivity contribution is 0.101. The number of aromatic nitrogens is 1. The number of ketones is 1. The number of hydrogen-bond donors (Lipinski definition) is 1. The Morgan fingerprint density at radius 2 is 2.11 bits per heavy atom. The van der Waals surface area contributed by atoms with E-state index in [9.17, 15) is 4.79 Å². The van der Waals surface area contributed by atoms with Crippen molar-refractivity contribution in [2.45, 2.75) is 32.1 Å². The van der Waals surface area contributed by atoms with Gasteiger partial charge in [0.2, 0.25) is 5.88 Å². The van der Waals surface area contributed by atoms with Crippen LogP contribution in [0.2, 0.25) is 0 Å². The summed E-state index contributed by atoms with van der Waals surface area (Å²) in [6.07, 6.45) is 2.80. The Balaban J connectivity index is 1.83. The van der Waals surface area contributed by atoms with Gasteiger partial charge in [-0.3, -0.25) is 4.79 Å². The summed E-state index contributed by atoms with van der Waals surface area (Å²) in [5, 5.41) is 4.02. The minimum absolute atomic E-state index is 0.0988. The summed E-state index contributed by atoms with van der Waals surface area (Å²) in [6, 6.07) is 7.86. The van der Waals surface area contributed by atoms with E-state index in [4.69, 9.17) is 10.3 Å². The van der Waals surface area contributed by atoms with Gasteiger partial charge in [0.25, 0.3) is 0 Å². The van der Waals surface area contributed by atoms with Gasteiger partial charge >= 0.3 is 0 Å². The number of hydrogen-bond acceptors (Lipinski definition) is 4. The summed E-state index contributed by atoms with van der Waals surface area (Å²) in [5.74, 6) is 0.986. The minimum atomic E-state index is 0.0988. The number of nitrogen functional groups attached to an aromatic ring is 1. The molecule has 0 aliphatic heterocycles. The van der Waals surface area contributed by atoms with Crippen LogP contribution in [0.1, 0.15) is 46.4 Å². The van der Waals surface area contributed by atoms with Crippen molar-refractivity contribution in [3.8, 4) is 0 Å². The first kappa shape index (κ1) is 12.0. The summed E-state index contributed by atoms with van der Waals surface area (Å²) < 4.78 is 5.04. The van der Waals surface area contributed by atoms with E-state index >= 15 is 0 Å². The van der Waals surface area contributed by atoms with Crippen LogP contribution in [0.25, 0.3) is 0 Å². The molecule has 19 heavy (non-hydrogen) atoms. The van der Waals surface area contributed by atoms with Gasteiger partial charge in [0.1, 0.15) is 0 Å². The van der Waals surface area contributed by atoms with Gasteiger partial charge in [-0.2, -0.15) is 0 Å². The van der Waals surface area contributed by atoms with E-state index in [1.807, 2.05) is 24.3 Å². The first-order chi connectivity index (χ1) is 9.15. The molecule has 4 heteroatoms. The van der Waals surface area contributed by atoms with Crippen molar-refractivity contribution in [2.24, 2.45) is 0 Å². The second-order valence-electron chi connectivity index (χ2n) is 5.09. The SMILES string of the molecule is CC(=O)c1ccc(C2CCc3c(noc3N)C2)cc1. The Labute approximate surface area is 111 Å². The maximum Gasteiger partial charge on any atom is 0.225 e. The molecular formula is C15H16N2O2.